The van der Waals surface area contributed by atoms with Crippen LogP contribution < -0.4 is 150 Å². The monoisotopic (exact) mass is 394 g/mol. The minimum Gasteiger partial charge on any atom is -0.550 e. The molecule has 0 aromatic carbocycles. The van der Waals surface area contributed by atoms with Gasteiger partial charge in [-0.3, -0.25) is 0 Å². The van der Waals surface area contributed by atoms with Crippen LogP contribution in [0.5, 0.6) is 0 Å². The third-order valence-electron chi connectivity index (χ3n) is 3.06. The normalized spacial score (nSPS) is 11.9. The van der Waals surface area contributed by atoms with Crippen LogP contribution in [-0.4, -0.2) is 36.0 Å². The molecule has 4 N–H and O–H groups in total. The van der Waals surface area contributed by atoms with Gasteiger partial charge in [-0.1, -0.05) is 0 Å². The van der Waals surface area contributed by atoms with E-state index >= 15 is 0 Å². The van der Waals surface area contributed by atoms with Gasteiger partial charge in [-0.2, -0.15) is 0 Å². The molecule has 0 bridgehead atoms. The second kappa shape index (κ2) is 17.9. The smallest absolute Gasteiger partial charge is 0.550 e. The molecule has 0 aliphatic rings. The number of rotatable bonds is 10. The van der Waals surface area contributed by atoms with Gasteiger partial charge in [-0.25, -0.2) is 0 Å². The molecule has 0 saturated heterocycles. The fourth-order valence-electron chi connectivity index (χ4n) is 2.18. The molecule has 0 fully saturated rings. The summed E-state index contributed by atoms with van der Waals surface area (Å²) in [6.45, 7) is 0. The van der Waals surface area contributed by atoms with Gasteiger partial charge in [0.25, 0.3) is 0 Å². The van der Waals surface area contributed by atoms with Gasteiger partial charge in [0.05, 0.1) is 0 Å². The van der Waals surface area contributed by atoms with Gasteiger partial charge >= 0.3 is 118 Å². The molecular formula is C11H14N2Na4O8. The van der Waals surface area contributed by atoms with Crippen molar-refractivity contribution in [2.75, 3.05) is 0 Å². The van der Waals surface area contributed by atoms with Crippen molar-refractivity contribution in [3.63, 3.8) is 0 Å². The molecule has 25 heavy (non-hydrogen) atoms. The van der Waals surface area contributed by atoms with E-state index in [0.717, 1.165) is 0 Å². The van der Waals surface area contributed by atoms with Crippen LogP contribution >= 0.6 is 0 Å². The maximum Gasteiger partial charge on any atom is 1.00 e. The van der Waals surface area contributed by atoms with Crippen LogP contribution in [-0.2, 0) is 19.2 Å². The zero-order valence-corrected chi connectivity index (χ0v) is 22.9. The molecule has 2 unspecified atom stereocenters. The first kappa shape index (κ1) is 37.5. The van der Waals surface area contributed by atoms with Gasteiger partial charge in [0, 0.05) is 47.8 Å². The number of carboxylic acids is 4. The molecule has 0 rings (SSSR count). The predicted octanol–water partition coefficient (Wildman–Crippen LogP) is -18.8. The van der Waals surface area contributed by atoms with E-state index in [1.165, 1.54) is 0 Å². The third kappa shape index (κ3) is 15.4. The standard InChI is InChI=1S/C11H18N2O8.4Na/c12-5(1-6(14)15)10(13)11(2-7(16)17,3-8(18)19)4-9(20)21;;;;/h5,10H,1-4,12-13H2,(H,14,15)(H,16,17)(H,18,19)(H,20,21);;;;/q;4*+1/p-4. The summed E-state index contributed by atoms with van der Waals surface area (Å²) in [5, 5.41) is 42.8. The van der Waals surface area contributed by atoms with Gasteiger partial charge in [0.1, 0.15) is 0 Å². The molecule has 0 saturated carbocycles. The Morgan fingerprint density at radius 3 is 1.16 bits per heavy atom. The van der Waals surface area contributed by atoms with Crippen LogP contribution in [0.3, 0.4) is 0 Å². The molecule has 0 aromatic heterocycles. The van der Waals surface area contributed by atoms with Crippen LogP contribution in [0.2, 0.25) is 0 Å². The van der Waals surface area contributed by atoms with E-state index in [-0.39, 0.29) is 118 Å². The van der Waals surface area contributed by atoms with Crippen LogP contribution in [0.1, 0.15) is 25.7 Å². The molecule has 0 aliphatic carbocycles. The summed E-state index contributed by atoms with van der Waals surface area (Å²) in [5.41, 5.74) is 8.95. The summed E-state index contributed by atoms with van der Waals surface area (Å²) in [6, 6.07) is -3.00. The van der Waals surface area contributed by atoms with Gasteiger partial charge in [-0.05, 0) is 19.3 Å². The number of hydrogen-bond acceptors (Lipinski definition) is 10. The van der Waals surface area contributed by atoms with E-state index in [1.807, 2.05) is 0 Å². The summed E-state index contributed by atoms with van der Waals surface area (Å²) in [6.07, 6.45) is -3.99. The van der Waals surface area contributed by atoms with Gasteiger partial charge in [-0.15, -0.1) is 0 Å². The number of carbonyl (C=O) groups is 4. The quantitative estimate of drug-likeness (QED) is 0.334. The molecule has 120 valence electrons. The Balaban J connectivity index is -0.000000333. The van der Waals surface area contributed by atoms with Crippen molar-refractivity contribution in [2.45, 2.75) is 37.8 Å². The van der Waals surface area contributed by atoms with Crippen molar-refractivity contribution in [2.24, 2.45) is 16.9 Å². The Labute approximate surface area is 233 Å². The Morgan fingerprint density at radius 1 is 0.680 bits per heavy atom. The fraction of sp³-hybridized carbons (Fsp3) is 0.636. The van der Waals surface area contributed by atoms with E-state index in [1.54, 1.807) is 0 Å². The zero-order valence-electron chi connectivity index (χ0n) is 14.9. The topological polar surface area (TPSA) is 213 Å². The number of carbonyl (C=O) groups excluding carboxylic acids is 4. The summed E-state index contributed by atoms with van der Waals surface area (Å²) in [5.74, 6) is -6.92. The molecule has 0 radical (unpaired) electrons. The summed E-state index contributed by atoms with van der Waals surface area (Å²) in [7, 11) is 0. The van der Waals surface area contributed by atoms with Gasteiger partial charge in [0.2, 0.25) is 0 Å². The van der Waals surface area contributed by atoms with Crippen LogP contribution in [0, 0.1) is 5.41 Å². The minimum absolute atomic E-state index is 0. The minimum atomic E-state index is -2.09. The number of carboxylic acid groups (broad SMARTS) is 4. The largest absolute Gasteiger partial charge is 1.00 e. The molecule has 10 nitrogen and oxygen atoms in total. The third-order valence-corrected chi connectivity index (χ3v) is 3.06. The van der Waals surface area contributed by atoms with E-state index in [2.05, 4.69) is 0 Å². The maximum atomic E-state index is 10.8. The number of aliphatic carboxylic acids is 4. The van der Waals surface area contributed by atoms with Crippen LogP contribution in [0.25, 0.3) is 0 Å². The Kier molecular flexibility index (Phi) is 26.8. The van der Waals surface area contributed by atoms with Crippen molar-refractivity contribution < 1.29 is 158 Å². The number of nitrogens with two attached hydrogens (primary N) is 2. The molecule has 0 heterocycles. The van der Waals surface area contributed by atoms with Crippen molar-refractivity contribution in [1.82, 2.24) is 0 Å². The van der Waals surface area contributed by atoms with Gasteiger partial charge in [0.15, 0.2) is 0 Å². The number of hydrogen-bond donors (Lipinski definition) is 2. The summed E-state index contributed by atoms with van der Waals surface area (Å²) < 4.78 is 0. The van der Waals surface area contributed by atoms with E-state index < -0.39 is 67.1 Å². The van der Waals surface area contributed by atoms with E-state index in [0.29, 0.717) is 0 Å². The fourth-order valence-corrected chi connectivity index (χ4v) is 2.18. The average Bonchev–Trinajstić information content (AvgIpc) is 2.23. The van der Waals surface area contributed by atoms with Crippen LogP contribution in [0.15, 0.2) is 0 Å². The Morgan fingerprint density at radius 2 is 0.960 bits per heavy atom. The first-order valence-electron chi connectivity index (χ1n) is 5.80. The first-order chi connectivity index (χ1) is 9.50. The maximum absolute atomic E-state index is 10.8. The SMILES string of the molecule is NC(CC(=O)[O-])C(N)C(CC(=O)[O-])(CC(=O)[O-])CC(=O)[O-].[Na+].[Na+].[Na+].[Na+]. The molecular weight excluding hydrogens is 380 g/mol. The van der Waals surface area contributed by atoms with Crippen molar-refractivity contribution in [3.8, 4) is 0 Å². The first-order valence-corrected chi connectivity index (χ1v) is 5.80. The molecule has 0 spiro atoms. The summed E-state index contributed by atoms with van der Waals surface area (Å²) >= 11 is 0. The molecule has 0 amide bonds. The second-order valence-electron chi connectivity index (χ2n) is 4.77. The van der Waals surface area contributed by atoms with E-state index in [4.69, 9.17) is 11.5 Å². The van der Waals surface area contributed by atoms with Crippen molar-refractivity contribution in [1.29, 1.82) is 0 Å². The summed E-state index contributed by atoms with van der Waals surface area (Å²) in [4.78, 5) is 42.8. The van der Waals surface area contributed by atoms with Crippen LogP contribution in [0.4, 0.5) is 0 Å². The van der Waals surface area contributed by atoms with E-state index in [9.17, 15) is 39.6 Å². The van der Waals surface area contributed by atoms with Gasteiger partial charge < -0.3 is 51.1 Å². The van der Waals surface area contributed by atoms with Crippen molar-refractivity contribution in [3.05, 3.63) is 0 Å². The predicted molar refractivity (Wildman–Crippen MR) is 56.9 cm³/mol. The molecule has 2 atom stereocenters. The molecule has 0 aliphatic heterocycles. The Bertz CT molecular complexity index is 411. The molecule has 14 heteroatoms. The molecule has 0 aromatic rings. The second-order valence-corrected chi connectivity index (χ2v) is 4.77. The zero-order chi connectivity index (χ0) is 16.8. The average molecular weight is 394 g/mol. The Hall–Kier alpha value is 1.80. The van der Waals surface area contributed by atoms with Crippen molar-refractivity contribution >= 4 is 23.9 Å².